The molecule has 0 unspecified atom stereocenters. The number of fused-ring (bicyclic) bond motifs is 1. The lowest BCUT2D eigenvalue weighted by atomic mass is 10.1. The fraction of sp³-hybridized carbons (Fsp3) is 0.222. The number of nitrogens with one attached hydrogen (secondary N) is 1. The smallest absolute Gasteiger partial charge is 0.254 e. The normalized spacial score (nSPS) is 13.3. The Balaban J connectivity index is 1.44. The number of aromatic nitrogens is 4. The van der Waals surface area contributed by atoms with E-state index >= 15 is 0 Å². The summed E-state index contributed by atoms with van der Waals surface area (Å²) >= 11 is 6.00. The van der Waals surface area contributed by atoms with Crippen molar-refractivity contribution in [2.75, 3.05) is 11.9 Å². The first-order valence-corrected chi connectivity index (χ1v) is 8.68. The molecule has 7 nitrogen and oxygen atoms in total. The number of halogens is 1. The van der Waals surface area contributed by atoms with Gasteiger partial charge in [0, 0.05) is 29.5 Å². The number of nitrogens with zero attached hydrogens (tertiary/aromatic N) is 5. The van der Waals surface area contributed by atoms with Crippen LogP contribution in [0, 0.1) is 0 Å². The Morgan fingerprint density at radius 1 is 1.15 bits per heavy atom. The maximum Gasteiger partial charge on any atom is 0.254 e. The summed E-state index contributed by atoms with van der Waals surface area (Å²) in [6, 6.07) is 10.8. The monoisotopic (exact) mass is 368 g/mol. The Morgan fingerprint density at radius 3 is 2.81 bits per heavy atom. The second kappa shape index (κ2) is 7.13. The lowest BCUT2D eigenvalue weighted by Gasteiger charge is -2.27. The number of carbonyl (C=O) groups excluding carboxylic acids is 1. The highest BCUT2D eigenvalue weighted by Gasteiger charge is 2.23. The molecule has 0 atom stereocenters. The van der Waals surface area contributed by atoms with E-state index in [-0.39, 0.29) is 5.91 Å². The molecule has 1 aliphatic rings. The molecular formula is C18H17ClN6O. The minimum atomic E-state index is -0.0164. The van der Waals surface area contributed by atoms with Gasteiger partial charge in [-0.15, -0.1) is 0 Å². The fourth-order valence-electron chi connectivity index (χ4n) is 2.95. The molecule has 2 aromatic heterocycles. The summed E-state index contributed by atoms with van der Waals surface area (Å²) in [5.41, 5.74) is 2.51. The molecule has 4 rings (SSSR count). The number of hydrogen-bond acceptors (Lipinski definition) is 5. The highest BCUT2D eigenvalue weighted by atomic mass is 35.5. The predicted molar refractivity (Wildman–Crippen MR) is 97.8 cm³/mol. The first-order valence-electron chi connectivity index (χ1n) is 8.30. The minimum absolute atomic E-state index is 0.0164. The van der Waals surface area contributed by atoms with Gasteiger partial charge in [-0.1, -0.05) is 17.7 Å². The molecule has 1 amide bonds. The van der Waals surface area contributed by atoms with Gasteiger partial charge < -0.3 is 10.2 Å². The molecule has 1 aromatic carbocycles. The van der Waals surface area contributed by atoms with Gasteiger partial charge in [-0.25, -0.2) is 9.97 Å². The average Bonchev–Trinajstić information content (AvgIpc) is 3.08. The summed E-state index contributed by atoms with van der Waals surface area (Å²) in [4.78, 5) is 22.8. The van der Waals surface area contributed by atoms with Gasteiger partial charge in [0.15, 0.2) is 0 Å². The van der Waals surface area contributed by atoms with Crippen LogP contribution in [0.1, 0.15) is 21.7 Å². The molecule has 8 heteroatoms. The lowest BCUT2D eigenvalue weighted by Crippen LogP contribution is -2.38. The van der Waals surface area contributed by atoms with E-state index in [1.807, 2.05) is 15.6 Å². The molecule has 132 valence electrons. The second-order valence-corrected chi connectivity index (χ2v) is 6.45. The molecule has 0 aliphatic carbocycles. The van der Waals surface area contributed by atoms with Crippen LogP contribution in [0.3, 0.4) is 0 Å². The van der Waals surface area contributed by atoms with Gasteiger partial charge in [0.1, 0.15) is 0 Å². The summed E-state index contributed by atoms with van der Waals surface area (Å²) in [6.45, 7) is 2.35. The van der Waals surface area contributed by atoms with Crippen LogP contribution in [0.25, 0.3) is 0 Å². The number of rotatable bonds is 4. The topological polar surface area (TPSA) is 75.9 Å². The minimum Gasteiger partial charge on any atom is -0.348 e. The Hall–Kier alpha value is -2.93. The lowest BCUT2D eigenvalue weighted by molar-refractivity contribution is 0.0706. The highest BCUT2D eigenvalue weighted by molar-refractivity contribution is 6.30. The first-order chi connectivity index (χ1) is 12.7. The van der Waals surface area contributed by atoms with Crippen molar-refractivity contribution in [2.45, 2.75) is 19.6 Å². The Kier molecular flexibility index (Phi) is 4.53. The van der Waals surface area contributed by atoms with E-state index in [1.165, 1.54) is 0 Å². The molecule has 0 radical (unpaired) electrons. The Morgan fingerprint density at radius 2 is 2.00 bits per heavy atom. The van der Waals surface area contributed by atoms with Crippen molar-refractivity contribution in [2.24, 2.45) is 0 Å². The third-order valence-corrected chi connectivity index (χ3v) is 4.44. The van der Waals surface area contributed by atoms with Crippen LogP contribution < -0.4 is 5.32 Å². The maximum atomic E-state index is 12.7. The van der Waals surface area contributed by atoms with Gasteiger partial charge in [0.05, 0.1) is 31.0 Å². The summed E-state index contributed by atoms with van der Waals surface area (Å²) in [6.07, 6.45) is 3.37. The van der Waals surface area contributed by atoms with Crippen molar-refractivity contribution in [1.29, 1.82) is 0 Å². The van der Waals surface area contributed by atoms with E-state index in [0.717, 1.165) is 11.4 Å². The van der Waals surface area contributed by atoms with Gasteiger partial charge in [0.2, 0.25) is 5.95 Å². The van der Waals surface area contributed by atoms with Gasteiger partial charge in [0.25, 0.3) is 5.91 Å². The molecule has 0 bridgehead atoms. The summed E-state index contributed by atoms with van der Waals surface area (Å²) in [5.74, 6) is 0.550. The van der Waals surface area contributed by atoms with Crippen molar-refractivity contribution in [3.05, 3.63) is 70.8 Å². The second-order valence-electron chi connectivity index (χ2n) is 6.01. The van der Waals surface area contributed by atoms with E-state index in [2.05, 4.69) is 20.4 Å². The molecule has 0 fully saturated rings. The summed E-state index contributed by atoms with van der Waals surface area (Å²) in [7, 11) is 0. The predicted octanol–water partition coefficient (Wildman–Crippen LogP) is 2.59. The van der Waals surface area contributed by atoms with E-state index in [4.69, 9.17) is 11.6 Å². The van der Waals surface area contributed by atoms with Gasteiger partial charge >= 0.3 is 0 Å². The van der Waals surface area contributed by atoms with E-state index in [0.29, 0.717) is 42.7 Å². The van der Waals surface area contributed by atoms with Crippen LogP contribution in [0.2, 0.25) is 5.02 Å². The highest BCUT2D eigenvalue weighted by Crippen LogP contribution is 2.18. The van der Waals surface area contributed by atoms with Gasteiger partial charge in [-0.2, -0.15) is 5.10 Å². The Bertz CT molecular complexity index is 926. The molecule has 0 spiro atoms. The van der Waals surface area contributed by atoms with E-state index in [1.54, 1.807) is 42.7 Å². The van der Waals surface area contributed by atoms with Crippen LogP contribution >= 0.6 is 11.6 Å². The van der Waals surface area contributed by atoms with E-state index < -0.39 is 0 Å². The molecule has 3 heterocycles. The quantitative estimate of drug-likeness (QED) is 0.766. The van der Waals surface area contributed by atoms with Gasteiger partial charge in [-0.3, -0.25) is 9.48 Å². The molecular weight excluding hydrogens is 352 g/mol. The number of amides is 1. The van der Waals surface area contributed by atoms with Gasteiger partial charge in [-0.05, 0) is 30.3 Å². The standard InChI is InChI=1S/C18H17ClN6O/c19-14-4-1-3-13(9-14)17(26)24-7-8-25-16(12-24)10-15(23-25)11-22-18-20-5-2-6-21-18/h1-6,9-10H,7-8,11-12H2,(H,20,21,22). The van der Waals surface area contributed by atoms with Crippen LogP contribution in [-0.2, 0) is 19.6 Å². The van der Waals surface area contributed by atoms with Crippen molar-refractivity contribution in [3.8, 4) is 0 Å². The number of carbonyl (C=O) groups is 1. The largest absolute Gasteiger partial charge is 0.348 e. The SMILES string of the molecule is O=C(c1cccc(Cl)c1)N1CCn2nc(CNc3ncccn3)cc2C1. The zero-order valence-corrected chi connectivity index (χ0v) is 14.7. The summed E-state index contributed by atoms with van der Waals surface area (Å²) < 4.78 is 1.95. The number of benzene rings is 1. The van der Waals surface area contributed by atoms with Crippen LogP contribution in [-0.4, -0.2) is 37.1 Å². The van der Waals surface area contributed by atoms with Crippen molar-refractivity contribution in [3.63, 3.8) is 0 Å². The third kappa shape index (κ3) is 3.52. The van der Waals surface area contributed by atoms with Crippen molar-refractivity contribution >= 4 is 23.5 Å². The number of hydrogen-bond donors (Lipinski definition) is 1. The summed E-state index contributed by atoms with van der Waals surface area (Å²) in [5, 5.41) is 8.29. The zero-order chi connectivity index (χ0) is 17.9. The molecule has 0 saturated heterocycles. The van der Waals surface area contributed by atoms with Crippen molar-refractivity contribution in [1.82, 2.24) is 24.6 Å². The zero-order valence-electron chi connectivity index (χ0n) is 14.0. The van der Waals surface area contributed by atoms with Crippen LogP contribution in [0.4, 0.5) is 5.95 Å². The third-order valence-electron chi connectivity index (χ3n) is 4.20. The molecule has 26 heavy (non-hydrogen) atoms. The molecule has 1 aliphatic heterocycles. The molecule has 3 aromatic rings. The Labute approximate surface area is 155 Å². The molecule has 0 saturated carbocycles. The van der Waals surface area contributed by atoms with Crippen LogP contribution in [0.15, 0.2) is 48.8 Å². The van der Waals surface area contributed by atoms with Crippen LogP contribution in [0.5, 0.6) is 0 Å². The number of anilines is 1. The first kappa shape index (κ1) is 16.5. The van der Waals surface area contributed by atoms with Crippen molar-refractivity contribution < 1.29 is 4.79 Å². The van der Waals surface area contributed by atoms with E-state index in [9.17, 15) is 4.79 Å². The fourth-order valence-corrected chi connectivity index (χ4v) is 3.14. The molecule has 1 N–H and O–H groups in total. The average molecular weight is 369 g/mol. The maximum absolute atomic E-state index is 12.7.